The van der Waals surface area contributed by atoms with Gasteiger partial charge in [-0.1, -0.05) is 42.5 Å². The summed E-state index contributed by atoms with van der Waals surface area (Å²) in [7, 11) is 0. The molecule has 0 fully saturated rings. The van der Waals surface area contributed by atoms with Crippen LogP contribution in [0.1, 0.15) is 11.3 Å². The van der Waals surface area contributed by atoms with Gasteiger partial charge in [0.15, 0.2) is 0 Å². The number of rotatable bonds is 2. The topological polar surface area (TPSA) is 72.0 Å². The molecule has 3 N–H and O–H groups in total. The highest BCUT2D eigenvalue weighted by atomic mass is 16.3. The number of nitrogens with two attached hydrogens (primary N) is 1. The smallest absolute Gasteiger partial charge is 0.150 e. The number of benzene rings is 2. The molecule has 4 heteroatoms. The molecule has 0 spiro atoms. The van der Waals surface area contributed by atoms with Crippen LogP contribution in [0, 0.1) is 0 Å². The van der Waals surface area contributed by atoms with Crippen LogP contribution in [0.4, 0.5) is 5.82 Å². The molecule has 0 atom stereocenters. The molecule has 98 valence electrons. The number of para-hydroxylation sites is 2. The lowest BCUT2D eigenvalue weighted by atomic mass is 10.1. The van der Waals surface area contributed by atoms with E-state index in [1.54, 1.807) is 0 Å². The van der Waals surface area contributed by atoms with Gasteiger partial charge in [0.2, 0.25) is 0 Å². The Hall–Kier alpha value is -2.88. The second kappa shape index (κ2) is 5.01. The van der Waals surface area contributed by atoms with Crippen LogP contribution in [0.5, 0.6) is 0 Å². The summed E-state index contributed by atoms with van der Waals surface area (Å²) in [6, 6.07) is 16.7. The van der Waals surface area contributed by atoms with E-state index in [-0.39, 0.29) is 5.76 Å². The molecule has 0 saturated carbocycles. The number of hydrogen-bond acceptors (Lipinski definition) is 4. The van der Waals surface area contributed by atoms with Gasteiger partial charge in [-0.05, 0) is 12.1 Å². The van der Waals surface area contributed by atoms with Gasteiger partial charge in [-0.2, -0.15) is 0 Å². The summed E-state index contributed by atoms with van der Waals surface area (Å²) in [5.74, 6) is 0.410. The Morgan fingerprint density at radius 3 is 2.20 bits per heavy atom. The van der Waals surface area contributed by atoms with Gasteiger partial charge in [0.1, 0.15) is 17.3 Å². The predicted octanol–water partition coefficient (Wildman–Crippen LogP) is 3.27. The lowest BCUT2D eigenvalue weighted by Gasteiger charge is -2.04. The van der Waals surface area contributed by atoms with E-state index in [1.807, 2.05) is 54.6 Å². The number of aliphatic hydroxyl groups excluding tert-OH is 1. The molecule has 0 aliphatic rings. The van der Waals surface area contributed by atoms with E-state index in [2.05, 4.69) is 9.97 Å². The van der Waals surface area contributed by atoms with Gasteiger partial charge in [0.25, 0.3) is 0 Å². The maximum absolute atomic E-state index is 10.1. The molecule has 3 aromatic rings. The van der Waals surface area contributed by atoms with Gasteiger partial charge in [-0.25, -0.2) is 9.97 Å². The van der Waals surface area contributed by atoms with Crippen molar-refractivity contribution in [2.24, 2.45) is 0 Å². The Labute approximate surface area is 116 Å². The van der Waals surface area contributed by atoms with Crippen LogP contribution in [-0.4, -0.2) is 15.1 Å². The third-order valence-electron chi connectivity index (χ3n) is 2.97. The fraction of sp³-hybridized carbons (Fsp3) is 0. The first kappa shape index (κ1) is 12.2. The Balaban J connectivity index is 2.08. The third-order valence-corrected chi connectivity index (χ3v) is 2.97. The van der Waals surface area contributed by atoms with E-state index < -0.39 is 0 Å². The molecule has 0 bridgehead atoms. The van der Waals surface area contributed by atoms with Crippen molar-refractivity contribution in [3.63, 3.8) is 0 Å². The van der Waals surface area contributed by atoms with Crippen molar-refractivity contribution in [3.8, 4) is 0 Å². The van der Waals surface area contributed by atoms with Crippen LogP contribution in [-0.2, 0) is 0 Å². The van der Waals surface area contributed by atoms with Crippen molar-refractivity contribution in [2.75, 3.05) is 5.73 Å². The van der Waals surface area contributed by atoms with E-state index >= 15 is 0 Å². The van der Waals surface area contributed by atoms with Gasteiger partial charge in [0, 0.05) is 11.6 Å². The first-order chi connectivity index (χ1) is 9.74. The zero-order valence-corrected chi connectivity index (χ0v) is 10.7. The summed E-state index contributed by atoms with van der Waals surface area (Å²) in [5.41, 5.74) is 8.54. The Morgan fingerprint density at radius 2 is 1.50 bits per heavy atom. The standard InChI is InChI=1S/C16H13N3O/c17-16-14(10-15(20)11-6-2-1-3-7-11)18-12-8-4-5-9-13(12)19-16/h1-10,20H,(H2,17,19)/b15-10-. The van der Waals surface area contributed by atoms with E-state index in [0.717, 1.165) is 11.0 Å². The molecule has 4 nitrogen and oxygen atoms in total. The van der Waals surface area contributed by atoms with Crippen molar-refractivity contribution < 1.29 is 5.11 Å². The summed E-state index contributed by atoms with van der Waals surface area (Å²) in [6.45, 7) is 0. The zero-order valence-electron chi connectivity index (χ0n) is 10.7. The summed E-state index contributed by atoms with van der Waals surface area (Å²) in [4.78, 5) is 8.70. The number of nitrogens with zero attached hydrogens (tertiary/aromatic N) is 2. The van der Waals surface area contributed by atoms with E-state index in [4.69, 9.17) is 5.73 Å². The minimum Gasteiger partial charge on any atom is -0.507 e. The normalized spacial score (nSPS) is 11.7. The van der Waals surface area contributed by atoms with E-state index in [0.29, 0.717) is 17.1 Å². The van der Waals surface area contributed by atoms with Crippen LogP contribution in [0.15, 0.2) is 54.6 Å². The Morgan fingerprint density at radius 1 is 0.900 bits per heavy atom. The minimum atomic E-state index is 0.113. The largest absolute Gasteiger partial charge is 0.507 e. The summed E-state index contributed by atoms with van der Waals surface area (Å²) in [5, 5.41) is 10.1. The lowest BCUT2D eigenvalue weighted by molar-refractivity contribution is 0.515. The average molecular weight is 263 g/mol. The zero-order chi connectivity index (χ0) is 13.9. The van der Waals surface area contributed by atoms with Crippen molar-refractivity contribution in [2.45, 2.75) is 0 Å². The van der Waals surface area contributed by atoms with Gasteiger partial charge in [-0.15, -0.1) is 0 Å². The summed E-state index contributed by atoms with van der Waals surface area (Å²) < 4.78 is 0. The number of anilines is 1. The monoisotopic (exact) mass is 263 g/mol. The fourth-order valence-electron chi connectivity index (χ4n) is 1.96. The van der Waals surface area contributed by atoms with Crippen LogP contribution in [0.2, 0.25) is 0 Å². The summed E-state index contributed by atoms with van der Waals surface area (Å²) in [6.07, 6.45) is 1.53. The SMILES string of the molecule is Nc1nc2ccccc2nc1/C=C(\O)c1ccccc1. The molecule has 2 aromatic carbocycles. The molecule has 0 amide bonds. The third kappa shape index (κ3) is 2.31. The second-order valence-corrected chi connectivity index (χ2v) is 4.38. The molecule has 1 heterocycles. The van der Waals surface area contributed by atoms with Crippen LogP contribution >= 0.6 is 0 Å². The van der Waals surface area contributed by atoms with Crippen molar-refractivity contribution >= 4 is 28.7 Å². The van der Waals surface area contributed by atoms with Gasteiger partial charge >= 0.3 is 0 Å². The Kier molecular flexibility index (Phi) is 3.05. The van der Waals surface area contributed by atoms with Crippen molar-refractivity contribution in [1.29, 1.82) is 0 Å². The molecule has 0 aliphatic carbocycles. The lowest BCUT2D eigenvalue weighted by Crippen LogP contribution is -1.98. The maximum atomic E-state index is 10.1. The van der Waals surface area contributed by atoms with E-state index in [1.165, 1.54) is 6.08 Å². The highest BCUT2D eigenvalue weighted by Gasteiger charge is 2.05. The molecule has 1 aromatic heterocycles. The van der Waals surface area contributed by atoms with Crippen molar-refractivity contribution in [1.82, 2.24) is 9.97 Å². The van der Waals surface area contributed by atoms with Crippen molar-refractivity contribution in [3.05, 3.63) is 65.9 Å². The van der Waals surface area contributed by atoms with E-state index in [9.17, 15) is 5.11 Å². The molecule has 0 saturated heterocycles. The number of nitrogen functional groups attached to an aromatic ring is 1. The second-order valence-electron chi connectivity index (χ2n) is 4.38. The fourth-order valence-corrected chi connectivity index (χ4v) is 1.96. The van der Waals surface area contributed by atoms with Crippen LogP contribution < -0.4 is 5.73 Å². The highest BCUT2D eigenvalue weighted by molar-refractivity contribution is 5.83. The summed E-state index contributed by atoms with van der Waals surface area (Å²) >= 11 is 0. The first-order valence-electron chi connectivity index (χ1n) is 6.22. The predicted molar refractivity (Wildman–Crippen MR) is 80.9 cm³/mol. The Bertz CT molecular complexity index is 782. The maximum Gasteiger partial charge on any atom is 0.150 e. The molecular formula is C16H13N3O. The first-order valence-corrected chi connectivity index (χ1v) is 6.22. The average Bonchev–Trinajstić information content (AvgIpc) is 2.49. The number of aliphatic hydroxyl groups is 1. The highest BCUT2D eigenvalue weighted by Crippen LogP contribution is 2.19. The molecule has 0 radical (unpaired) electrons. The number of aromatic nitrogens is 2. The molecule has 0 unspecified atom stereocenters. The van der Waals surface area contributed by atoms with Crippen LogP contribution in [0.25, 0.3) is 22.9 Å². The molecule has 0 aliphatic heterocycles. The number of hydrogen-bond donors (Lipinski definition) is 2. The van der Waals surface area contributed by atoms with Gasteiger partial charge in [-0.3, -0.25) is 0 Å². The minimum absolute atomic E-state index is 0.113. The molecule has 20 heavy (non-hydrogen) atoms. The molecular weight excluding hydrogens is 250 g/mol. The molecule has 3 rings (SSSR count). The van der Waals surface area contributed by atoms with Crippen LogP contribution in [0.3, 0.4) is 0 Å². The quantitative estimate of drug-likeness (QED) is 0.696. The van der Waals surface area contributed by atoms with Gasteiger partial charge < -0.3 is 10.8 Å². The number of fused-ring (bicyclic) bond motifs is 1. The van der Waals surface area contributed by atoms with Gasteiger partial charge in [0.05, 0.1) is 11.0 Å².